The van der Waals surface area contributed by atoms with E-state index in [0.29, 0.717) is 42.9 Å². The summed E-state index contributed by atoms with van der Waals surface area (Å²) in [6.07, 6.45) is 2.08. The van der Waals surface area contributed by atoms with Gasteiger partial charge in [-0.05, 0) is 48.4 Å². The minimum atomic E-state index is -0.388. The van der Waals surface area contributed by atoms with Gasteiger partial charge in [-0.1, -0.05) is 23.9 Å². The number of carbonyl (C=O) groups is 2. The molecule has 2 aromatic carbocycles. The standard InChI is InChI=1S/C23H21FN4O4S/c1-28(22-25-11-10-20(26-22)32-18-8-4-16(24)5-9-18)12-13-31-17-6-2-15(3-7-17)14-19-21(29)27-23(30)33-19/h2-11,19H,12-14H2,1H3,(H,27,29,30). The Balaban J connectivity index is 1.26. The number of amides is 2. The van der Waals surface area contributed by atoms with Crippen molar-refractivity contribution in [2.24, 2.45) is 0 Å². The van der Waals surface area contributed by atoms with E-state index >= 15 is 0 Å². The van der Waals surface area contributed by atoms with Gasteiger partial charge in [-0.25, -0.2) is 9.37 Å². The van der Waals surface area contributed by atoms with Gasteiger partial charge in [-0.15, -0.1) is 0 Å². The minimum absolute atomic E-state index is 0.247. The van der Waals surface area contributed by atoms with Crippen molar-refractivity contribution in [3.8, 4) is 17.4 Å². The third-order valence-corrected chi connectivity index (χ3v) is 5.78. The highest BCUT2D eigenvalue weighted by Gasteiger charge is 2.31. The van der Waals surface area contributed by atoms with Gasteiger partial charge < -0.3 is 14.4 Å². The number of ether oxygens (including phenoxy) is 2. The molecule has 1 aliphatic rings. The fourth-order valence-electron chi connectivity index (χ4n) is 3.06. The third-order valence-electron chi connectivity index (χ3n) is 4.80. The molecule has 1 unspecified atom stereocenters. The normalized spacial score (nSPS) is 15.3. The molecule has 1 fully saturated rings. The summed E-state index contributed by atoms with van der Waals surface area (Å²) < 4.78 is 24.5. The Labute approximate surface area is 194 Å². The van der Waals surface area contributed by atoms with Gasteiger partial charge in [0, 0.05) is 19.3 Å². The highest BCUT2D eigenvalue weighted by molar-refractivity contribution is 8.15. The number of halogens is 1. The van der Waals surface area contributed by atoms with Crippen LogP contribution in [0.15, 0.2) is 60.8 Å². The number of imide groups is 1. The number of benzene rings is 2. The Morgan fingerprint density at radius 2 is 1.79 bits per heavy atom. The molecule has 0 saturated carbocycles. The number of hydrogen-bond donors (Lipinski definition) is 1. The molecule has 0 radical (unpaired) electrons. The Morgan fingerprint density at radius 3 is 2.48 bits per heavy atom. The maximum atomic E-state index is 13.0. The number of anilines is 1. The molecule has 0 aliphatic carbocycles. The number of nitrogens with one attached hydrogen (secondary N) is 1. The summed E-state index contributed by atoms with van der Waals surface area (Å²) in [6, 6.07) is 14.8. The summed E-state index contributed by atoms with van der Waals surface area (Å²) in [7, 11) is 1.84. The minimum Gasteiger partial charge on any atom is -0.492 e. The molecule has 8 nitrogen and oxygen atoms in total. The lowest BCUT2D eigenvalue weighted by Gasteiger charge is -2.18. The van der Waals surface area contributed by atoms with Gasteiger partial charge >= 0.3 is 0 Å². The molecule has 1 aromatic heterocycles. The van der Waals surface area contributed by atoms with Gasteiger partial charge in [0.2, 0.25) is 17.7 Å². The highest BCUT2D eigenvalue weighted by atomic mass is 32.2. The number of hydrogen-bond acceptors (Lipinski definition) is 8. The Morgan fingerprint density at radius 1 is 1.06 bits per heavy atom. The molecule has 1 N–H and O–H groups in total. The Bertz CT molecular complexity index is 1130. The molecule has 3 aromatic rings. The van der Waals surface area contributed by atoms with Crippen LogP contribution in [0.1, 0.15) is 5.56 Å². The quantitative estimate of drug-likeness (QED) is 0.507. The van der Waals surface area contributed by atoms with Crippen molar-refractivity contribution in [1.29, 1.82) is 0 Å². The fourth-order valence-corrected chi connectivity index (χ4v) is 3.92. The van der Waals surface area contributed by atoms with E-state index in [-0.39, 0.29) is 22.2 Å². The predicted molar refractivity (Wildman–Crippen MR) is 122 cm³/mol. The van der Waals surface area contributed by atoms with Crippen molar-refractivity contribution < 1.29 is 23.5 Å². The molecule has 2 heterocycles. The first kappa shape index (κ1) is 22.5. The molecule has 4 rings (SSSR count). The van der Waals surface area contributed by atoms with Crippen LogP contribution < -0.4 is 19.7 Å². The van der Waals surface area contributed by atoms with Gasteiger partial charge in [0.25, 0.3) is 5.24 Å². The molecule has 2 amide bonds. The largest absolute Gasteiger partial charge is 0.492 e. The third kappa shape index (κ3) is 6.19. The predicted octanol–water partition coefficient (Wildman–Crippen LogP) is 3.82. The molecule has 0 bridgehead atoms. The molecule has 33 heavy (non-hydrogen) atoms. The van der Waals surface area contributed by atoms with Crippen molar-refractivity contribution in [1.82, 2.24) is 15.3 Å². The fraction of sp³-hybridized carbons (Fsp3) is 0.217. The van der Waals surface area contributed by atoms with E-state index in [1.807, 2.05) is 36.2 Å². The first-order valence-corrected chi connectivity index (χ1v) is 11.0. The SMILES string of the molecule is CN(CCOc1ccc(CC2SC(=O)NC2=O)cc1)c1nccc(Oc2ccc(F)cc2)n1. The smallest absolute Gasteiger partial charge is 0.286 e. The summed E-state index contributed by atoms with van der Waals surface area (Å²) in [5.74, 6) is 1.41. The zero-order chi connectivity index (χ0) is 23.2. The number of likely N-dealkylation sites (N-methyl/N-ethyl adjacent to an activating group) is 1. The van der Waals surface area contributed by atoms with Crippen molar-refractivity contribution in [3.05, 3.63) is 72.2 Å². The van der Waals surface area contributed by atoms with Gasteiger partial charge in [0.15, 0.2) is 0 Å². The van der Waals surface area contributed by atoms with E-state index in [0.717, 1.165) is 17.3 Å². The van der Waals surface area contributed by atoms with Gasteiger partial charge in [0.1, 0.15) is 23.9 Å². The molecule has 1 saturated heterocycles. The number of nitrogens with zero attached hydrogens (tertiary/aromatic N) is 3. The second kappa shape index (κ2) is 10.3. The molecule has 10 heteroatoms. The van der Waals surface area contributed by atoms with Crippen molar-refractivity contribution in [3.63, 3.8) is 0 Å². The van der Waals surface area contributed by atoms with Crippen LogP contribution in [0.5, 0.6) is 17.4 Å². The second-order valence-electron chi connectivity index (χ2n) is 7.25. The van der Waals surface area contributed by atoms with Gasteiger partial charge in [-0.3, -0.25) is 14.9 Å². The molecule has 1 aliphatic heterocycles. The van der Waals surface area contributed by atoms with E-state index in [1.54, 1.807) is 12.3 Å². The van der Waals surface area contributed by atoms with Crippen LogP contribution >= 0.6 is 11.8 Å². The maximum Gasteiger partial charge on any atom is 0.286 e. The molecule has 1 atom stereocenters. The van der Waals surface area contributed by atoms with E-state index < -0.39 is 0 Å². The van der Waals surface area contributed by atoms with E-state index in [2.05, 4.69) is 15.3 Å². The lowest BCUT2D eigenvalue weighted by Crippen LogP contribution is -2.25. The van der Waals surface area contributed by atoms with E-state index in [4.69, 9.17) is 9.47 Å². The monoisotopic (exact) mass is 468 g/mol. The number of carbonyl (C=O) groups excluding carboxylic acids is 2. The summed E-state index contributed by atoms with van der Waals surface area (Å²) in [4.78, 5) is 33.4. The van der Waals surface area contributed by atoms with Crippen LogP contribution in [0.2, 0.25) is 0 Å². The molecule has 170 valence electrons. The molecule has 0 spiro atoms. The van der Waals surface area contributed by atoms with Crippen LogP contribution in [0.25, 0.3) is 0 Å². The van der Waals surface area contributed by atoms with Crippen LogP contribution in [-0.2, 0) is 11.2 Å². The molecular formula is C23H21FN4O4S. The van der Waals surface area contributed by atoms with Crippen LogP contribution in [0.4, 0.5) is 15.1 Å². The number of aromatic nitrogens is 2. The molecular weight excluding hydrogens is 447 g/mol. The topological polar surface area (TPSA) is 93.7 Å². The number of rotatable bonds is 9. The second-order valence-corrected chi connectivity index (χ2v) is 8.43. The van der Waals surface area contributed by atoms with Crippen molar-refractivity contribution in [2.45, 2.75) is 11.7 Å². The van der Waals surface area contributed by atoms with Crippen LogP contribution in [-0.4, -0.2) is 46.6 Å². The van der Waals surface area contributed by atoms with Gasteiger partial charge in [-0.2, -0.15) is 4.98 Å². The van der Waals surface area contributed by atoms with Crippen LogP contribution in [0, 0.1) is 5.82 Å². The average Bonchev–Trinajstić information content (AvgIpc) is 3.13. The first-order chi connectivity index (χ1) is 16.0. The lowest BCUT2D eigenvalue weighted by atomic mass is 10.1. The first-order valence-electron chi connectivity index (χ1n) is 10.2. The van der Waals surface area contributed by atoms with Crippen molar-refractivity contribution in [2.75, 3.05) is 25.1 Å². The van der Waals surface area contributed by atoms with Gasteiger partial charge in [0.05, 0.1) is 11.8 Å². The number of thioether (sulfide) groups is 1. The summed E-state index contributed by atoms with van der Waals surface area (Å²) in [6.45, 7) is 0.931. The Hall–Kier alpha value is -3.66. The summed E-state index contributed by atoms with van der Waals surface area (Å²) in [5.41, 5.74) is 0.952. The summed E-state index contributed by atoms with van der Waals surface area (Å²) >= 11 is 1.02. The average molecular weight is 469 g/mol. The lowest BCUT2D eigenvalue weighted by molar-refractivity contribution is -0.118. The summed E-state index contributed by atoms with van der Waals surface area (Å²) in [5, 5.41) is 1.60. The van der Waals surface area contributed by atoms with E-state index in [9.17, 15) is 14.0 Å². The van der Waals surface area contributed by atoms with Crippen LogP contribution in [0.3, 0.4) is 0 Å². The highest BCUT2D eigenvalue weighted by Crippen LogP contribution is 2.24. The van der Waals surface area contributed by atoms with E-state index in [1.165, 1.54) is 24.3 Å². The van der Waals surface area contributed by atoms with Crippen molar-refractivity contribution >= 4 is 28.9 Å². The zero-order valence-electron chi connectivity index (χ0n) is 17.7. The maximum absolute atomic E-state index is 13.0. The Kier molecular flexibility index (Phi) is 7.04. The zero-order valence-corrected chi connectivity index (χ0v) is 18.5.